The maximum Gasteiger partial charge on any atom is 0.322 e. The maximum absolute atomic E-state index is 12.4. The van der Waals surface area contributed by atoms with E-state index in [1.54, 1.807) is 26.0 Å². The van der Waals surface area contributed by atoms with Crippen molar-refractivity contribution in [1.29, 1.82) is 0 Å². The molecule has 1 aromatic rings. The van der Waals surface area contributed by atoms with Gasteiger partial charge in [0.25, 0.3) is 5.91 Å². The summed E-state index contributed by atoms with van der Waals surface area (Å²) in [6, 6.07) is 4.80. The van der Waals surface area contributed by atoms with Crippen LogP contribution in [0.1, 0.15) is 87.9 Å². The van der Waals surface area contributed by atoms with Crippen molar-refractivity contribution >= 4 is 29.1 Å². The maximum atomic E-state index is 12.4. The van der Waals surface area contributed by atoms with Crippen molar-refractivity contribution < 1.29 is 24.3 Å². The number of amides is 1. The fourth-order valence-corrected chi connectivity index (χ4v) is 2.72. The number of aliphatic carboxylic acids is 1. The molecule has 0 atom stereocenters. The summed E-state index contributed by atoms with van der Waals surface area (Å²) in [6.45, 7) is 11.5. The number of carbonyl (C=O) groups excluding carboxylic acids is 3. The SMILES string of the molecule is CC.CC(C)C(=O)CCCCCNc1cc(C(=O)NCC(=O)O)cc(C(=O)C(C)C)c1. The Bertz CT molecular complexity index is 741. The number of carboxylic acids is 1. The van der Waals surface area contributed by atoms with Gasteiger partial charge >= 0.3 is 5.97 Å². The minimum atomic E-state index is -1.14. The molecule has 0 unspecified atom stereocenters. The molecular weight excluding hydrogens is 396 g/mol. The summed E-state index contributed by atoms with van der Waals surface area (Å²) >= 11 is 0. The van der Waals surface area contributed by atoms with Crippen molar-refractivity contribution in [1.82, 2.24) is 5.32 Å². The van der Waals surface area contributed by atoms with Crippen LogP contribution in [-0.4, -0.2) is 41.6 Å². The molecule has 0 saturated heterocycles. The Morgan fingerprint density at radius 3 is 2.03 bits per heavy atom. The quantitative estimate of drug-likeness (QED) is 0.310. The molecule has 7 nitrogen and oxygen atoms in total. The van der Waals surface area contributed by atoms with Crippen LogP contribution in [-0.2, 0) is 9.59 Å². The second kappa shape index (κ2) is 15.2. The van der Waals surface area contributed by atoms with Crippen molar-refractivity contribution in [3.05, 3.63) is 29.3 Å². The van der Waals surface area contributed by atoms with Crippen molar-refractivity contribution in [3.8, 4) is 0 Å². The predicted octanol–water partition coefficient (Wildman–Crippen LogP) is 4.56. The van der Waals surface area contributed by atoms with E-state index in [4.69, 9.17) is 5.11 Å². The van der Waals surface area contributed by atoms with Gasteiger partial charge in [-0.3, -0.25) is 19.2 Å². The van der Waals surface area contributed by atoms with Gasteiger partial charge in [0.15, 0.2) is 5.78 Å². The highest BCUT2D eigenvalue weighted by molar-refractivity contribution is 6.03. The lowest BCUT2D eigenvalue weighted by Crippen LogP contribution is -2.29. The fraction of sp³-hybridized carbons (Fsp3) is 0.583. The number of Topliss-reactive ketones (excluding diaryl/α,β-unsaturated/α-hetero) is 2. The number of hydrogen-bond acceptors (Lipinski definition) is 5. The molecule has 1 rings (SSSR count). The number of nitrogens with one attached hydrogen (secondary N) is 2. The van der Waals surface area contributed by atoms with Crippen LogP contribution >= 0.6 is 0 Å². The van der Waals surface area contributed by atoms with Gasteiger partial charge in [-0.15, -0.1) is 0 Å². The van der Waals surface area contributed by atoms with E-state index in [2.05, 4.69) is 10.6 Å². The molecule has 1 aromatic carbocycles. The highest BCUT2D eigenvalue weighted by Crippen LogP contribution is 2.19. The van der Waals surface area contributed by atoms with E-state index < -0.39 is 18.4 Å². The Kier molecular flexibility index (Phi) is 13.8. The summed E-state index contributed by atoms with van der Waals surface area (Å²) in [5, 5.41) is 14.3. The summed E-state index contributed by atoms with van der Waals surface area (Å²) < 4.78 is 0. The van der Waals surface area contributed by atoms with Crippen molar-refractivity contribution in [2.45, 2.75) is 67.2 Å². The van der Waals surface area contributed by atoms with Crippen LogP contribution in [0.15, 0.2) is 18.2 Å². The molecule has 31 heavy (non-hydrogen) atoms. The number of carboxylic acid groups (broad SMARTS) is 1. The van der Waals surface area contributed by atoms with Gasteiger partial charge < -0.3 is 15.7 Å². The molecule has 0 aliphatic carbocycles. The van der Waals surface area contributed by atoms with E-state index in [1.807, 2.05) is 27.7 Å². The fourth-order valence-electron chi connectivity index (χ4n) is 2.72. The largest absolute Gasteiger partial charge is 0.480 e. The highest BCUT2D eigenvalue weighted by Gasteiger charge is 2.16. The number of ketones is 2. The molecule has 0 bridgehead atoms. The van der Waals surface area contributed by atoms with E-state index in [1.165, 1.54) is 6.07 Å². The van der Waals surface area contributed by atoms with Gasteiger partial charge in [-0.1, -0.05) is 48.0 Å². The highest BCUT2D eigenvalue weighted by atomic mass is 16.4. The van der Waals surface area contributed by atoms with Crippen molar-refractivity contribution in [2.24, 2.45) is 11.8 Å². The number of rotatable bonds is 13. The molecule has 7 heteroatoms. The third-order valence-corrected chi connectivity index (χ3v) is 4.48. The summed E-state index contributed by atoms with van der Waals surface area (Å²) in [5.41, 5.74) is 1.28. The van der Waals surface area contributed by atoms with Crippen molar-refractivity contribution in [2.75, 3.05) is 18.4 Å². The molecule has 3 N–H and O–H groups in total. The zero-order valence-corrected chi connectivity index (χ0v) is 19.7. The zero-order chi connectivity index (χ0) is 24.0. The van der Waals surface area contributed by atoms with Crippen LogP contribution in [0.4, 0.5) is 5.69 Å². The van der Waals surface area contributed by atoms with Crippen LogP contribution < -0.4 is 10.6 Å². The van der Waals surface area contributed by atoms with E-state index in [9.17, 15) is 19.2 Å². The van der Waals surface area contributed by atoms with Gasteiger partial charge in [-0.2, -0.15) is 0 Å². The first-order chi connectivity index (χ1) is 14.6. The number of benzene rings is 1. The van der Waals surface area contributed by atoms with Gasteiger partial charge in [-0.05, 0) is 31.0 Å². The minimum Gasteiger partial charge on any atom is -0.480 e. The number of anilines is 1. The summed E-state index contributed by atoms with van der Waals surface area (Å²) in [6.07, 6.45) is 3.19. The molecule has 1 amide bonds. The first-order valence-corrected chi connectivity index (χ1v) is 11.1. The molecule has 0 radical (unpaired) electrons. The van der Waals surface area contributed by atoms with Crippen LogP contribution in [0.3, 0.4) is 0 Å². The minimum absolute atomic E-state index is 0.0695. The van der Waals surface area contributed by atoms with Gasteiger partial charge in [-0.25, -0.2) is 0 Å². The topological polar surface area (TPSA) is 113 Å². The summed E-state index contributed by atoms with van der Waals surface area (Å²) in [5.74, 6) is -1.65. The molecule has 174 valence electrons. The number of hydrogen-bond donors (Lipinski definition) is 3. The number of unbranched alkanes of at least 4 members (excludes halogenated alkanes) is 2. The van der Waals surface area contributed by atoms with Crippen LogP contribution in [0.5, 0.6) is 0 Å². The first-order valence-electron chi connectivity index (χ1n) is 11.1. The number of carbonyl (C=O) groups is 4. The lowest BCUT2D eigenvalue weighted by atomic mass is 9.98. The summed E-state index contributed by atoms with van der Waals surface area (Å²) in [4.78, 5) is 46.9. The first kappa shape index (κ1) is 28.3. The smallest absolute Gasteiger partial charge is 0.322 e. The standard InChI is InChI=1S/C22H32N2O5.C2H6/c1-14(2)19(25)8-6-5-7-9-23-18-11-16(21(28)15(3)4)10-17(12-18)22(29)24-13-20(26)27;1-2/h10-12,14-15,23H,5-9,13H2,1-4H3,(H,24,29)(H,26,27);1-2H3. The summed E-state index contributed by atoms with van der Waals surface area (Å²) in [7, 11) is 0. The van der Waals surface area contributed by atoms with Crippen LogP contribution in [0.25, 0.3) is 0 Å². The van der Waals surface area contributed by atoms with E-state index in [0.717, 1.165) is 19.3 Å². The molecule has 0 fully saturated rings. The average Bonchev–Trinajstić information content (AvgIpc) is 2.74. The van der Waals surface area contributed by atoms with E-state index in [0.29, 0.717) is 24.2 Å². The third kappa shape index (κ3) is 11.3. The Labute approximate surface area is 186 Å². The zero-order valence-electron chi connectivity index (χ0n) is 19.7. The van der Waals surface area contributed by atoms with Gasteiger partial charge in [0.05, 0.1) is 0 Å². The van der Waals surface area contributed by atoms with E-state index in [-0.39, 0.29) is 29.0 Å². The van der Waals surface area contributed by atoms with Crippen LogP contribution in [0.2, 0.25) is 0 Å². The molecule has 0 spiro atoms. The Morgan fingerprint density at radius 2 is 1.48 bits per heavy atom. The van der Waals surface area contributed by atoms with Gasteiger partial charge in [0.2, 0.25) is 0 Å². The molecule has 0 heterocycles. The molecule has 0 aliphatic heterocycles. The molecular formula is C24H38N2O5. The average molecular weight is 435 g/mol. The monoisotopic (exact) mass is 434 g/mol. The molecule has 0 saturated carbocycles. The lowest BCUT2D eigenvalue weighted by molar-refractivity contribution is -0.135. The lowest BCUT2D eigenvalue weighted by Gasteiger charge is -2.12. The third-order valence-electron chi connectivity index (χ3n) is 4.48. The van der Waals surface area contributed by atoms with Gasteiger partial charge in [0, 0.05) is 41.6 Å². The normalized spacial score (nSPS) is 10.3. The molecule has 0 aromatic heterocycles. The Hall–Kier alpha value is -2.70. The Morgan fingerprint density at radius 1 is 0.871 bits per heavy atom. The molecule has 0 aliphatic rings. The van der Waals surface area contributed by atoms with Gasteiger partial charge in [0.1, 0.15) is 12.3 Å². The second-order valence-electron chi connectivity index (χ2n) is 7.75. The van der Waals surface area contributed by atoms with Crippen LogP contribution in [0, 0.1) is 11.8 Å². The Balaban J connectivity index is 0.00000436. The van der Waals surface area contributed by atoms with Crippen molar-refractivity contribution in [3.63, 3.8) is 0 Å². The predicted molar refractivity (Wildman–Crippen MR) is 124 cm³/mol. The second-order valence-corrected chi connectivity index (χ2v) is 7.75. The van der Waals surface area contributed by atoms with E-state index >= 15 is 0 Å².